The van der Waals surface area contributed by atoms with Crippen LogP contribution in [0.1, 0.15) is 53.1 Å². The maximum atomic E-state index is 13.2. The van der Waals surface area contributed by atoms with Crippen LogP contribution >= 0.6 is 0 Å². The Morgan fingerprint density at radius 3 is 2.84 bits per heavy atom. The van der Waals surface area contributed by atoms with Gasteiger partial charge in [0.25, 0.3) is 11.8 Å². The molecule has 2 aliphatic rings. The number of ether oxygens (including phenoxy) is 2. The van der Waals surface area contributed by atoms with E-state index in [1.165, 1.54) is 0 Å². The summed E-state index contributed by atoms with van der Waals surface area (Å²) in [5.74, 6) is 1.88. The molecule has 0 N–H and O–H groups in total. The SMILES string of the molecule is CCOc1ccccc1C(=O)N1Cc2c(-c3nc(C4CCOCC4)no3)nn(C)c2C1. The predicted molar refractivity (Wildman–Crippen MR) is 110 cm³/mol. The first-order chi connectivity index (χ1) is 15.2. The third-order valence-electron chi connectivity index (χ3n) is 5.90. The summed E-state index contributed by atoms with van der Waals surface area (Å²) in [5.41, 5.74) is 3.14. The molecule has 0 unspecified atom stereocenters. The molecule has 3 aromatic rings. The van der Waals surface area contributed by atoms with Gasteiger partial charge in [0, 0.05) is 31.7 Å². The number of carbonyl (C=O) groups excluding carboxylic acids is 1. The van der Waals surface area contributed by atoms with Crippen molar-refractivity contribution in [1.29, 1.82) is 0 Å². The van der Waals surface area contributed by atoms with Gasteiger partial charge in [-0.15, -0.1) is 0 Å². The molecule has 5 rings (SSSR count). The van der Waals surface area contributed by atoms with Crippen LogP contribution < -0.4 is 4.74 Å². The molecule has 4 heterocycles. The normalized spacial score (nSPS) is 16.5. The van der Waals surface area contributed by atoms with Crippen molar-refractivity contribution < 1.29 is 18.8 Å². The number of hydrogen-bond donors (Lipinski definition) is 0. The number of carbonyl (C=O) groups is 1. The second-order valence-electron chi connectivity index (χ2n) is 7.83. The Morgan fingerprint density at radius 2 is 2.03 bits per heavy atom. The van der Waals surface area contributed by atoms with E-state index in [2.05, 4.69) is 15.2 Å². The summed E-state index contributed by atoms with van der Waals surface area (Å²) in [6.07, 6.45) is 1.78. The van der Waals surface area contributed by atoms with Gasteiger partial charge in [-0.25, -0.2) is 0 Å². The third-order valence-corrected chi connectivity index (χ3v) is 5.90. The van der Waals surface area contributed by atoms with Gasteiger partial charge < -0.3 is 18.9 Å². The van der Waals surface area contributed by atoms with Crippen LogP contribution in [0.5, 0.6) is 5.75 Å². The lowest BCUT2D eigenvalue weighted by Gasteiger charge is -2.18. The molecule has 0 radical (unpaired) electrons. The van der Waals surface area contributed by atoms with Gasteiger partial charge in [-0.2, -0.15) is 10.1 Å². The van der Waals surface area contributed by atoms with Crippen LogP contribution in [-0.4, -0.2) is 50.5 Å². The van der Waals surface area contributed by atoms with Gasteiger partial charge in [-0.05, 0) is 31.9 Å². The number of hydrogen-bond acceptors (Lipinski definition) is 7. The molecule has 1 aromatic carbocycles. The quantitative estimate of drug-likeness (QED) is 0.623. The smallest absolute Gasteiger partial charge is 0.278 e. The molecule has 0 spiro atoms. The number of aromatic nitrogens is 4. The first kappa shape index (κ1) is 19.7. The lowest BCUT2D eigenvalue weighted by atomic mass is 10.00. The van der Waals surface area contributed by atoms with Gasteiger partial charge in [0.1, 0.15) is 5.75 Å². The number of nitrogens with zero attached hydrogens (tertiary/aromatic N) is 5. The minimum Gasteiger partial charge on any atom is -0.493 e. The fourth-order valence-corrected chi connectivity index (χ4v) is 4.26. The molecular formula is C22H25N5O4. The molecular weight excluding hydrogens is 398 g/mol. The van der Waals surface area contributed by atoms with E-state index in [0.29, 0.717) is 61.6 Å². The van der Waals surface area contributed by atoms with E-state index in [1.54, 1.807) is 15.6 Å². The summed E-state index contributed by atoms with van der Waals surface area (Å²) < 4.78 is 18.4. The van der Waals surface area contributed by atoms with E-state index in [0.717, 1.165) is 24.1 Å². The molecule has 2 aliphatic heterocycles. The van der Waals surface area contributed by atoms with Gasteiger partial charge in [0.2, 0.25) is 0 Å². The average molecular weight is 423 g/mol. The van der Waals surface area contributed by atoms with Gasteiger partial charge in [-0.1, -0.05) is 17.3 Å². The summed E-state index contributed by atoms with van der Waals surface area (Å²) in [4.78, 5) is 19.7. The Labute approximate surface area is 179 Å². The lowest BCUT2D eigenvalue weighted by molar-refractivity contribution is 0.0744. The van der Waals surface area contributed by atoms with Crippen LogP contribution in [-0.2, 0) is 24.9 Å². The summed E-state index contributed by atoms with van der Waals surface area (Å²) >= 11 is 0. The van der Waals surface area contributed by atoms with Crippen molar-refractivity contribution in [2.75, 3.05) is 19.8 Å². The molecule has 9 heteroatoms. The van der Waals surface area contributed by atoms with Crippen molar-refractivity contribution in [3.63, 3.8) is 0 Å². The second kappa shape index (κ2) is 8.14. The minimum absolute atomic E-state index is 0.0698. The number of benzene rings is 1. The van der Waals surface area contributed by atoms with Crippen molar-refractivity contribution in [2.24, 2.45) is 7.05 Å². The van der Waals surface area contributed by atoms with Crippen molar-refractivity contribution >= 4 is 5.91 Å². The Balaban J connectivity index is 1.40. The van der Waals surface area contributed by atoms with Crippen molar-refractivity contribution in [3.05, 3.63) is 46.9 Å². The highest BCUT2D eigenvalue weighted by Crippen LogP contribution is 2.34. The van der Waals surface area contributed by atoms with Crippen LogP contribution in [0.3, 0.4) is 0 Å². The van der Waals surface area contributed by atoms with E-state index < -0.39 is 0 Å². The van der Waals surface area contributed by atoms with Crippen LogP contribution in [0.15, 0.2) is 28.8 Å². The molecule has 1 fully saturated rings. The molecule has 31 heavy (non-hydrogen) atoms. The Hall–Kier alpha value is -3.20. The number of rotatable bonds is 5. The third kappa shape index (κ3) is 3.59. The Bertz CT molecular complexity index is 1100. The van der Waals surface area contributed by atoms with Crippen LogP contribution in [0.25, 0.3) is 11.6 Å². The van der Waals surface area contributed by atoms with Gasteiger partial charge >= 0.3 is 0 Å². The fraction of sp³-hybridized carbons (Fsp3) is 0.455. The second-order valence-corrected chi connectivity index (χ2v) is 7.83. The van der Waals surface area contributed by atoms with E-state index in [4.69, 9.17) is 14.0 Å². The van der Waals surface area contributed by atoms with Crippen molar-refractivity contribution in [3.8, 4) is 17.3 Å². The summed E-state index contributed by atoms with van der Waals surface area (Å²) in [5, 5.41) is 8.80. The summed E-state index contributed by atoms with van der Waals surface area (Å²) in [6.45, 7) is 4.75. The number of para-hydroxylation sites is 1. The number of aryl methyl sites for hydroxylation is 1. The molecule has 9 nitrogen and oxygen atoms in total. The zero-order valence-corrected chi connectivity index (χ0v) is 17.7. The molecule has 0 aliphatic carbocycles. The molecule has 0 saturated carbocycles. The molecule has 1 saturated heterocycles. The fourth-order valence-electron chi connectivity index (χ4n) is 4.26. The van der Waals surface area contributed by atoms with E-state index in [9.17, 15) is 4.79 Å². The lowest BCUT2D eigenvalue weighted by Crippen LogP contribution is -2.26. The summed E-state index contributed by atoms with van der Waals surface area (Å²) in [7, 11) is 1.88. The molecule has 0 bridgehead atoms. The Morgan fingerprint density at radius 1 is 1.23 bits per heavy atom. The largest absolute Gasteiger partial charge is 0.493 e. The highest BCUT2D eigenvalue weighted by molar-refractivity contribution is 5.97. The highest BCUT2D eigenvalue weighted by atomic mass is 16.5. The van der Waals surface area contributed by atoms with Gasteiger partial charge in [0.15, 0.2) is 11.5 Å². The van der Waals surface area contributed by atoms with Gasteiger partial charge in [0.05, 0.1) is 31.0 Å². The highest BCUT2D eigenvalue weighted by Gasteiger charge is 2.34. The van der Waals surface area contributed by atoms with Crippen LogP contribution in [0.2, 0.25) is 0 Å². The van der Waals surface area contributed by atoms with Crippen LogP contribution in [0, 0.1) is 0 Å². The monoisotopic (exact) mass is 423 g/mol. The molecule has 1 amide bonds. The van der Waals surface area contributed by atoms with E-state index >= 15 is 0 Å². The maximum absolute atomic E-state index is 13.2. The predicted octanol–water partition coefficient (Wildman–Crippen LogP) is 2.92. The van der Waals surface area contributed by atoms with Gasteiger partial charge in [-0.3, -0.25) is 9.48 Å². The van der Waals surface area contributed by atoms with Crippen molar-refractivity contribution in [2.45, 2.75) is 38.8 Å². The average Bonchev–Trinajstić information content (AvgIpc) is 3.52. The maximum Gasteiger partial charge on any atom is 0.278 e. The van der Waals surface area contributed by atoms with E-state index in [1.807, 2.05) is 32.2 Å². The first-order valence-electron chi connectivity index (χ1n) is 10.6. The van der Waals surface area contributed by atoms with Crippen molar-refractivity contribution in [1.82, 2.24) is 24.8 Å². The number of fused-ring (bicyclic) bond motifs is 1. The molecule has 162 valence electrons. The summed E-state index contributed by atoms with van der Waals surface area (Å²) in [6, 6.07) is 7.34. The molecule has 0 atom stereocenters. The molecule has 2 aromatic heterocycles. The minimum atomic E-state index is -0.0698. The first-order valence-corrected chi connectivity index (χ1v) is 10.6. The topological polar surface area (TPSA) is 95.5 Å². The Kier molecular flexibility index (Phi) is 5.19. The standard InChI is InChI=1S/C22H25N5O4/c1-3-30-18-7-5-4-6-15(18)22(28)27-12-16-17(13-27)26(2)24-19(16)21-23-20(25-31-21)14-8-10-29-11-9-14/h4-7,14H,3,8-13H2,1-2H3. The zero-order chi connectivity index (χ0) is 21.4. The zero-order valence-electron chi connectivity index (χ0n) is 17.7. The van der Waals surface area contributed by atoms with E-state index in [-0.39, 0.29) is 11.8 Å². The van der Waals surface area contributed by atoms with Crippen LogP contribution in [0.4, 0.5) is 0 Å². The number of amides is 1.